The summed E-state index contributed by atoms with van der Waals surface area (Å²) in [5, 5.41) is 29.8. The maximum absolute atomic E-state index is 12.0. The van der Waals surface area contributed by atoms with Gasteiger partial charge >= 0.3 is 0 Å². The number of carbonyl (C=O) groups is 1. The molecule has 3 rings (SSSR count). The van der Waals surface area contributed by atoms with Crippen molar-refractivity contribution in [1.82, 2.24) is 10.5 Å². The normalized spacial score (nSPS) is 11.0. The third kappa shape index (κ3) is 4.69. The molecule has 1 aromatic carbocycles. The molecule has 0 aliphatic heterocycles. The second kappa shape index (κ2) is 8.85. The fraction of sp³-hybridized carbons (Fsp3) is 0.136. The number of aliphatic hydroxyl groups is 1. The van der Waals surface area contributed by atoms with E-state index in [9.17, 15) is 10.0 Å². The van der Waals surface area contributed by atoms with Gasteiger partial charge in [-0.25, -0.2) is 10.5 Å². The average Bonchev–Trinajstić information content (AvgIpc) is 2.75. The standard InChI is InChI=1S/C22H17N3O4/c1-15(14-26)4-2-3-5-16-6-8-17(9-7-16)21-12-18(22(27)24-28)19-13-25(29)11-10-20(19)23-21/h6-13,15,26,28H,14H2,1H3,(H,24,27). The number of aromatic nitrogens is 2. The molecule has 0 aliphatic carbocycles. The van der Waals surface area contributed by atoms with Crippen molar-refractivity contribution >= 4 is 16.8 Å². The van der Waals surface area contributed by atoms with Crippen molar-refractivity contribution in [2.45, 2.75) is 6.92 Å². The van der Waals surface area contributed by atoms with Gasteiger partial charge < -0.3 is 10.3 Å². The lowest BCUT2D eigenvalue weighted by Gasteiger charge is -2.08. The first-order chi connectivity index (χ1) is 14.0. The third-order valence-electron chi connectivity index (χ3n) is 4.11. The zero-order chi connectivity index (χ0) is 20.8. The lowest BCUT2D eigenvalue weighted by atomic mass is 10.0. The molecule has 2 heterocycles. The number of amides is 1. The van der Waals surface area contributed by atoms with Crippen LogP contribution in [0.2, 0.25) is 0 Å². The average molecular weight is 387 g/mol. The Balaban J connectivity index is 1.96. The molecule has 1 amide bonds. The van der Waals surface area contributed by atoms with Crippen molar-refractivity contribution in [2.75, 3.05) is 6.61 Å². The van der Waals surface area contributed by atoms with Gasteiger partial charge in [-0.15, -0.1) is 0 Å². The van der Waals surface area contributed by atoms with Gasteiger partial charge in [-0.2, -0.15) is 4.73 Å². The Bertz CT molecular complexity index is 1180. The maximum atomic E-state index is 12.0. The van der Waals surface area contributed by atoms with Crippen molar-refractivity contribution in [3.8, 4) is 34.9 Å². The first-order valence-electron chi connectivity index (χ1n) is 8.72. The number of nitrogens with one attached hydrogen (secondary N) is 1. The molecular formula is C22H17N3O4. The van der Waals surface area contributed by atoms with E-state index < -0.39 is 5.91 Å². The zero-order valence-corrected chi connectivity index (χ0v) is 15.5. The van der Waals surface area contributed by atoms with Crippen LogP contribution in [-0.2, 0) is 0 Å². The van der Waals surface area contributed by atoms with Crippen LogP contribution in [0.15, 0.2) is 48.8 Å². The van der Waals surface area contributed by atoms with Gasteiger partial charge in [0, 0.05) is 23.1 Å². The van der Waals surface area contributed by atoms with Gasteiger partial charge in [0.2, 0.25) is 0 Å². The molecule has 0 saturated heterocycles. The van der Waals surface area contributed by atoms with Crippen molar-refractivity contribution < 1.29 is 19.8 Å². The van der Waals surface area contributed by atoms with Crippen molar-refractivity contribution in [3.63, 3.8) is 0 Å². The van der Waals surface area contributed by atoms with Crippen molar-refractivity contribution in [2.24, 2.45) is 5.92 Å². The molecule has 1 unspecified atom stereocenters. The summed E-state index contributed by atoms with van der Waals surface area (Å²) in [6.07, 6.45) is 2.52. The second-order valence-corrected chi connectivity index (χ2v) is 6.28. The first kappa shape index (κ1) is 19.8. The summed E-state index contributed by atoms with van der Waals surface area (Å²) in [4.78, 5) is 16.5. The molecule has 1 atom stereocenters. The lowest BCUT2D eigenvalue weighted by molar-refractivity contribution is -0.603. The van der Waals surface area contributed by atoms with Crippen LogP contribution in [0.1, 0.15) is 22.8 Å². The Morgan fingerprint density at radius 2 is 2.03 bits per heavy atom. The molecule has 0 spiro atoms. The summed E-state index contributed by atoms with van der Waals surface area (Å²) in [6.45, 7) is 1.80. The largest absolute Gasteiger partial charge is 0.619 e. The number of benzene rings is 1. The van der Waals surface area contributed by atoms with E-state index in [4.69, 9.17) is 10.3 Å². The SMILES string of the molecule is CC(C#CC#Cc1ccc(-c2cc(C(=O)NO)c3c[n+]([O-])ccc3n2)cc1)CO. The van der Waals surface area contributed by atoms with Crippen LogP contribution in [-0.4, -0.2) is 27.8 Å². The minimum absolute atomic E-state index is 0.00670. The predicted molar refractivity (Wildman–Crippen MR) is 106 cm³/mol. The van der Waals surface area contributed by atoms with E-state index in [1.54, 1.807) is 29.7 Å². The summed E-state index contributed by atoms with van der Waals surface area (Å²) in [6, 6.07) is 10.2. The number of rotatable bonds is 3. The summed E-state index contributed by atoms with van der Waals surface area (Å²) < 4.78 is 0.565. The van der Waals surface area contributed by atoms with Crippen LogP contribution in [0.25, 0.3) is 22.2 Å². The molecule has 7 nitrogen and oxygen atoms in total. The van der Waals surface area contributed by atoms with E-state index in [1.807, 2.05) is 6.92 Å². The minimum atomic E-state index is -0.733. The van der Waals surface area contributed by atoms with E-state index in [-0.39, 0.29) is 18.1 Å². The van der Waals surface area contributed by atoms with E-state index in [0.29, 0.717) is 21.3 Å². The predicted octanol–water partition coefficient (Wildman–Crippen LogP) is 1.64. The Labute approximate surface area is 167 Å². The number of hydrogen-bond acceptors (Lipinski definition) is 5. The number of carbonyl (C=O) groups excluding carboxylic acids is 1. The van der Waals surface area contributed by atoms with Crippen LogP contribution in [0.5, 0.6) is 0 Å². The zero-order valence-electron chi connectivity index (χ0n) is 15.5. The first-order valence-corrected chi connectivity index (χ1v) is 8.72. The molecular weight excluding hydrogens is 370 g/mol. The van der Waals surface area contributed by atoms with Gasteiger partial charge in [0.15, 0.2) is 12.4 Å². The van der Waals surface area contributed by atoms with Gasteiger partial charge in [-0.1, -0.05) is 24.0 Å². The summed E-state index contributed by atoms with van der Waals surface area (Å²) in [7, 11) is 0. The quantitative estimate of drug-likeness (QED) is 0.208. The number of hydrogen-bond donors (Lipinski definition) is 3. The van der Waals surface area contributed by atoms with Crippen molar-refractivity contribution in [3.05, 3.63) is 65.1 Å². The number of hydroxylamine groups is 1. The molecule has 7 heteroatoms. The smallest absolute Gasteiger partial charge is 0.275 e. The molecule has 0 radical (unpaired) electrons. The van der Waals surface area contributed by atoms with Crippen LogP contribution in [0.3, 0.4) is 0 Å². The number of pyridine rings is 2. The number of aliphatic hydroxyl groups excluding tert-OH is 1. The number of fused-ring (bicyclic) bond motifs is 1. The van der Waals surface area contributed by atoms with E-state index >= 15 is 0 Å². The molecule has 0 aliphatic rings. The highest BCUT2D eigenvalue weighted by molar-refractivity contribution is 6.06. The fourth-order valence-electron chi connectivity index (χ4n) is 2.58. The van der Waals surface area contributed by atoms with E-state index in [2.05, 4.69) is 28.7 Å². The van der Waals surface area contributed by atoms with Crippen LogP contribution >= 0.6 is 0 Å². The Morgan fingerprint density at radius 3 is 2.72 bits per heavy atom. The van der Waals surface area contributed by atoms with Crippen LogP contribution in [0, 0.1) is 34.8 Å². The molecule has 144 valence electrons. The lowest BCUT2D eigenvalue weighted by Crippen LogP contribution is -2.25. The topological polar surface area (TPSA) is 109 Å². The highest BCUT2D eigenvalue weighted by Gasteiger charge is 2.15. The van der Waals surface area contributed by atoms with Gasteiger partial charge in [0.1, 0.15) is 0 Å². The molecule has 29 heavy (non-hydrogen) atoms. The summed E-state index contributed by atoms with van der Waals surface area (Å²) >= 11 is 0. The highest BCUT2D eigenvalue weighted by atomic mass is 16.5. The van der Waals surface area contributed by atoms with E-state index in [1.165, 1.54) is 24.5 Å². The van der Waals surface area contributed by atoms with E-state index in [0.717, 1.165) is 11.1 Å². The third-order valence-corrected chi connectivity index (χ3v) is 4.11. The van der Waals surface area contributed by atoms with Crippen molar-refractivity contribution in [1.29, 1.82) is 0 Å². The molecule has 3 N–H and O–H groups in total. The second-order valence-electron chi connectivity index (χ2n) is 6.28. The van der Waals surface area contributed by atoms with Gasteiger partial charge in [0.05, 0.1) is 28.8 Å². The molecule has 0 bridgehead atoms. The van der Waals surface area contributed by atoms with Gasteiger partial charge in [-0.05, 0) is 37.0 Å². The fourth-order valence-corrected chi connectivity index (χ4v) is 2.58. The van der Waals surface area contributed by atoms with Crippen LogP contribution in [0.4, 0.5) is 0 Å². The van der Waals surface area contributed by atoms with Gasteiger partial charge in [-0.3, -0.25) is 10.0 Å². The van der Waals surface area contributed by atoms with Gasteiger partial charge in [0.25, 0.3) is 5.91 Å². The minimum Gasteiger partial charge on any atom is -0.619 e. The highest BCUT2D eigenvalue weighted by Crippen LogP contribution is 2.24. The monoisotopic (exact) mass is 387 g/mol. The molecule has 0 fully saturated rings. The summed E-state index contributed by atoms with van der Waals surface area (Å²) in [5.74, 6) is 10.3. The molecule has 3 aromatic rings. The summed E-state index contributed by atoms with van der Waals surface area (Å²) in [5.41, 5.74) is 4.18. The Hall–Kier alpha value is -3.91. The maximum Gasteiger partial charge on any atom is 0.275 e. The number of nitrogens with zero attached hydrogens (tertiary/aromatic N) is 2. The Kier molecular flexibility index (Phi) is 6.06. The Morgan fingerprint density at radius 1 is 1.28 bits per heavy atom. The molecule has 0 saturated carbocycles. The van der Waals surface area contributed by atoms with Crippen LogP contribution < -0.4 is 10.2 Å². The molecule has 2 aromatic heterocycles.